The standard InChI is InChI=1S/C13H14Cl2N2/c1-3-4-5-9-6-7-10-11(8(9)2)12(14)17-13(15)16-10/h6-7H,3-5H2,1-2H3. The Hall–Kier alpha value is -0.860. The lowest BCUT2D eigenvalue weighted by atomic mass is 10.00. The van der Waals surface area contributed by atoms with E-state index < -0.39 is 0 Å². The van der Waals surface area contributed by atoms with Gasteiger partial charge in [0.05, 0.1) is 5.52 Å². The predicted octanol–water partition coefficient (Wildman–Crippen LogP) is 4.59. The van der Waals surface area contributed by atoms with Gasteiger partial charge in [-0.3, -0.25) is 0 Å². The molecule has 1 heterocycles. The summed E-state index contributed by atoms with van der Waals surface area (Å²) in [6, 6.07) is 4.07. The summed E-state index contributed by atoms with van der Waals surface area (Å²) in [5.41, 5.74) is 3.29. The van der Waals surface area contributed by atoms with Crippen LogP contribution in [0.5, 0.6) is 0 Å². The van der Waals surface area contributed by atoms with E-state index in [1.807, 2.05) is 6.07 Å². The average molecular weight is 269 g/mol. The molecule has 1 aromatic carbocycles. The van der Waals surface area contributed by atoms with Crippen molar-refractivity contribution in [2.45, 2.75) is 33.1 Å². The molecule has 0 atom stereocenters. The Bertz CT molecular complexity index is 553. The molecule has 0 bridgehead atoms. The van der Waals surface area contributed by atoms with Crippen molar-refractivity contribution in [3.8, 4) is 0 Å². The first-order chi connectivity index (χ1) is 8.13. The van der Waals surface area contributed by atoms with E-state index in [1.54, 1.807) is 0 Å². The van der Waals surface area contributed by atoms with Gasteiger partial charge in [-0.15, -0.1) is 0 Å². The highest BCUT2D eigenvalue weighted by atomic mass is 35.5. The zero-order chi connectivity index (χ0) is 12.4. The van der Waals surface area contributed by atoms with Crippen molar-refractivity contribution < 1.29 is 0 Å². The molecule has 0 N–H and O–H groups in total. The van der Waals surface area contributed by atoms with Crippen LogP contribution >= 0.6 is 23.2 Å². The maximum Gasteiger partial charge on any atom is 0.224 e. The number of aromatic nitrogens is 2. The van der Waals surface area contributed by atoms with Crippen LogP contribution in [0.25, 0.3) is 10.9 Å². The quantitative estimate of drug-likeness (QED) is 0.601. The first-order valence-corrected chi connectivity index (χ1v) is 6.50. The number of fused-ring (bicyclic) bond motifs is 1. The molecule has 0 radical (unpaired) electrons. The van der Waals surface area contributed by atoms with Crippen LogP contribution in [0, 0.1) is 6.92 Å². The minimum Gasteiger partial charge on any atom is -0.218 e. The maximum absolute atomic E-state index is 6.14. The third-order valence-electron chi connectivity index (χ3n) is 2.96. The van der Waals surface area contributed by atoms with Crippen molar-refractivity contribution in [3.63, 3.8) is 0 Å². The first-order valence-electron chi connectivity index (χ1n) is 5.74. The topological polar surface area (TPSA) is 25.8 Å². The van der Waals surface area contributed by atoms with Gasteiger partial charge in [-0.25, -0.2) is 9.97 Å². The van der Waals surface area contributed by atoms with Crippen molar-refractivity contribution in [2.24, 2.45) is 0 Å². The van der Waals surface area contributed by atoms with Crippen LogP contribution in [0.2, 0.25) is 10.4 Å². The van der Waals surface area contributed by atoms with Crippen LogP contribution in [-0.2, 0) is 6.42 Å². The third-order valence-corrected chi connectivity index (χ3v) is 3.41. The maximum atomic E-state index is 6.14. The first kappa shape index (κ1) is 12.6. The van der Waals surface area contributed by atoms with Gasteiger partial charge in [0.2, 0.25) is 5.28 Å². The molecule has 0 aliphatic rings. The van der Waals surface area contributed by atoms with Gasteiger partial charge in [-0.05, 0) is 48.6 Å². The number of aryl methyl sites for hydroxylation is 2. The molecule has 90 valence electrons. The van der Waals surface area contributed by atoms with Gasteiger partial charge in [0.1, 0.15) is 5.15 Å². The summed E-state index contributed by atoms with van der Waals surface area (Å²) in [6.45, 7) is 4.25. The van der Waals surface area contributed by atoms with Crippen LogP contribution < -0.4 is 0 Å². The molecule has 0 amide bonds. The van der Waals surface area contributed by atoms with E-state index in [0.29, 0.717) is 5.15 Å². The highest BCUT2D eigenvalue weighted by Gasteiger charge is 2.10. The van der Waals surface area contributed by atoms with Gasteiger partial charge < -0.3 is 0 Å². The Morgan fingerprint density at radius 1 is 1.18 bits per heavy atom. The number of hydrogen-bond acceptors (Lipinski definition) is 2. The predicted molar refractivity (Wildman–Crippen MR) is 72.9 cm³/mol. The van der Waals surface area contributed by atoms with Crippen molar-refractivity contribution in [2.75, 3.05) is 0 Å². The third kappa shape index (κ3) is 2.53. The smallest absolute Gasteiger partial charge is 0.218 e. The molecule has 0 fully saturated rings. The lowest BCUT2D eigenvalue weighted by molar-refractivity contribution is 0.792. The van der Waals surface area contributed by atoms with Crippen LogP contribution in [-0.4, -0.2) is 9.97 Å². The molecule has 0 aliphatic carbocycles. The number of nitrogens with zero attached hydrogens (tertiary/aromatic N) is 2. The fraction of sp³-hybridized carbons (Fsp3) is 0.385. The van der Waals surface area contributed by atoms with E-state index in [-0.39, 0.29) is 5.28 Å². The molecule has 4 heteroatoms. The summed E-state index contributed by atoms with van der Waals surface area (Å²) in [7, 11) is 0. The summed E-state index contributed by atoms with van der Waals surface area (Å²) >= 11 is 11.9. The minimum atomic E-state index is 0.197. The van der Waals surface area contributed by atoms with E-state index in [0.717, 1.165) is 22.9 Å². The lowest BCUT2D eigenvalue weighted by Gasteiger charge is -2.09. The SMILES string of the molecule is CCCCc1ccc2nc(Cl)nc(Cl)c2c1C. The molecule has 0 unspecified atom stereocenters. The highest BCUT2D eigenvalue weighted by Crippen LogP contribution is 2.28. The molecule has 0 spiro atoms. The lowest BCUT2D eigenvalue weighted by Crippen LogP contribution is -1.95. The van der Waals surface area contributed by atoms with Gasteiger partial charge in [0.15, 0.2) is 0 Å². The Morgan fingerprint density at radius 2 is 1.94 bits per heavy atom. The largest absolute Gasteiger partial charge is 0.224 e. The van der Waals surface area contributed by atoms with Crippen molar-refractivity contribution >= 4 is 34.1 Å². The molecular formula is C13H14Cl2N2. The summed E-state index contributed by atoms with van der Waals surface area (Å²) in [4.78, 5) is 8.19. The summed E-state index contributed by atoms with van der Waals surface area (Å²) in [6.07, 6.45) is 3.43. The van der Waals surface area contributed by atoms with Gasteiger partial charge in [-0.2, -0.15) is 0 Å². The Morgan fingerprint density at radius 3 is 2.65 bits per heavy atom. The van der Waals surface area contributed by atoms with E-state index in [4.69, 9.17) is 23.2 Å². The molecule has 0 saturated heterocycles. The number of halogens is 2. The van der Waals surface area contributed by atoms with Crippen LogP contribution in [0.3, 0.4) is 0 Å². The van der Waals surface area contributed by atoms with E-state index in [1.165, 1.54) is 18.4 Å². The van der Waals surface area contributed by atoms with Gasteiger partial charge >= 0.3 is 0 Å². The Labute approximate surface area is 111 Å². The number of benzene rings is 1. The monoisotopic (exact) mass is 268 g/mol. The summed E-state index contributed by atoms with van der Waals surface area (Å²) < 4.78 is 0. The van der Waals surface area contributed by atoms with E-state index in [9.17, 15) is 0 Å². The zero-order valence-electron chi connectivity index (χ0n) is 9.93. The molecule has 17 heavy (non-hydrogen) atoms. The molecule has 2 aromatic rings. The normalized spacial score (nSPS) is 11.1. The van der Waals surface area contributed by atoms with Gasteiger partial charge in [0, 0.05) is 5.39 Å². The second-order valence-corrected chi connectivity index (χ2v) is 4.83. The van der Waals surface area contributed by atoms with Gasteiger partial charge in [-0.1, -0.05) is 31.0 Å². The fourth-order valence-electron chi connectivity index (χ4n) is 1.99. The molecule has 0 aliphatic heterocycles. The van der Waals surface area contributed by atoms with E-state index in [2.05, 4.69) is 29.9 Å². The summed E-state index contributed by atoms with van der Waals surface area (Å²) in [5.74, 6) is 0. The van der Waals surface area contributed by atoms with Crippen molar-refractivity contribution in [1.29, 1.82) is 0 Å². The van der Waals surface area contributed by atoms with Crippen LogP contribution in [0.4, 0.5) is 0 Å². The second-order valence-electron chi connectivity index (χ2n) is 4.13. The zero-order valence-corrected chi connectivity index (χ0v) is 11.4. The molecule has 0 saturated carbocycles. The Balaban J connectivity index is 2.58. The van der Waals surface area contributed by atoms with Crippen molar-refractivity contribution in [1.82, 2.24) is 9.97 Å². The highest BCUT2D eigenvalue weighted by molar-refractivity contribution is 6.36. The average Bonchev–Trinajstić information content (AvgIpc) is 2.27. The van der Waals surface area contributed by atoms with Crippen LogP contribution in [0.1, 0.15) is 30.9 Å². The van der Waals surface area contributed by atoms with Crippen molar-refractivity contribution in [3.05, 3.63) is 33.7 Å². The summed E-state index contributed by atoms with van der Waals surface area (Å²) in [5, 5.41) is 1.56. The molecule has 2 rings (SSSR count). The Kier molecular flexibility index (Phi) is 3.85. The number of rotatable bonds is 3. The number of hydrogen-bond donors (Lipinski definition) is 0. The van der Waals surface area contributed by atoms with Crippen LogP contribution in [0.15, 0.2) is 12.1 Å². The number of unbranched alkanes of at least 4 members (excludes halogenated alkanes) is 1. The van der Waals surface area contributed by atoms with E-state index >= 15 is 0 Å². The second kappa shape index (κ2) is 5.19. The fourth-order valence-corrected chi connectivity index (χ4v) is 2.53. The molecule has 2 nitrogen and oxygen atoms in total. The van der Waals surface area contributed by atoms with Gasteiger partial charge in [0.25, 0.3) is 0 Å². The molecule has 1 aromatic heterocycles. The molecular weight excluding hydrogens is 255 g/mol. The minimum absolute atomic E-state index is 0.197.